The van der Waals surface area contributed by atoms with E-state index in [-0.39, 0.29) is 29.7 Å². The molecule has 2 aliphatic rings. The molecule has 2 aromatic rings. The van der Waals surface area contributed by atoms with Gasteiger partial charge in [0.2, 0.25) is 0 Å². The number of halogens is 4. The van der Waals surface area contributed by atoms with Gasteiger partial charge in [-0.2, -0.15) is 13.2 Å². The SMILES string of the molecule is CN(C(=O)N[C@@H]1CCC[C@H](Nc2cc(C(F)(F)F)nc3ccc(Cl)cc23)C1)[C@@H]1CCOC1. The molecule has 0 spiro atoms. The van der Waals surface area contributed by atoms with Gasteiger partial charge in [0.05, 0.1) is 18.2 Å². The summed E-state index contributed by atoms with van der Waals surface area (Å²) in [7, 11) is 1.76. The second kappa shape index (κ2) is 9.31. The highest BCUT2D eigenvalue weighted by Crippen LogP contribution is 2.35. The molecule has 2 heterocycles. The van der Waals surface area contributed by atoms with Crippen LogP contribution in [-0.4, -0.2) is 54.3 Å². The van der Waals surface area contributed by atoms with Gasteiger partial charge in [-0.05, 0) is 56.4 Å². The zero-order chi connectivity index (χ0) is 22.9. The number of aromatic nitrogens is 1. The maximum atomic E-state index is 13.4. The van der Waals surface area contributed by atoms with E-state index in [1.807, 2.05) is 0 Å². The van der Waals surface area contributed by atoms with Gasteiger partial charge in [-0.25, -0.2) is 9.78 Å². The molecule has 2 N–H and O–H groups in total. The first kappa shape index (κ1) is 22.9. The quantitative estimate of drug-likeness (QED) is 0.655. The van der Waals surface area contributed by atoms with Crippen LogP contribution in [0.5, 0.6) is 0 Å². The zero-order valence-corrected chi connectivity index (χ0v) is 18.5. The number of hydrogen-bond acceptors (Lipinski definition) is 4. The van der Waals surface area contributed by atoms with E-state index < -0.39 is 11.9 Å². The Morgan fingerprint density at radius 3 is 2.72 bits per heavy atom. The summed E-state index contributed by atoms with van der Waals surface area (Å²) in [5.74, 6) is 0. The standard InChI is InChI=1S/C22H26ClF3N4O2/c1-30(16-7-8-32-12-16)21(31)28-15-4-2-3-14(10-15)27-19-11-20(22(24,25)26)29-18-6-5-13(23)9-17(18)19/h5-6,9,11,14-16H,2-4,7-8,10,12H2,1H3,(H,27,29)(H,28,31)/t14-,15+,16+/m0/s1. The van der Waals surface area contributed by atoms with Gasteiger partial charge < -0.3 is 20.3 Å². The molecule has 1 aromatic heterocycles. The average Bonchev–Trinajstić information content (AvgIpc) is 3.28. The molecule has 32 heavy (non-hydrogen) atoms. The maximum Gasteiger partial charge on any atom is 0.433 e. The van der Waals surface area contributed by atoms with Crippen LogP contribution >= 0.6 is 11.6 Å². The van der Waals surface area contributed by atoms with Gasteiger partial charge in [0.1, 0.15) is 5.69 Å². The fraction of sp³-hybridized carbons (Fsp3) is 0.545. The number of pyridine rings is 1. The summed E-state index contributed by atoms with van der Waals surface area (Å²) in [5, 5.41) is 7.30. The Labute approximate surface area is 189 Å². The van der Waals surface area contributed by atoms with Crippen LogP contribution in [0.15, 0.2) is 24.3 Å². The Kier molecular flexibility index (Phi) is 6.67. The van der Waals surface area contributed by atoms with E-state index in [0.717, 1.165) is 31.7 Å². The number of amides is 2. The first-order chi connectivity index (χ1) is 15.2. The molecule has 3 atom stereocenters. The molecular formula is C22H26ClF3N4O2. The van der Waals surface area contributed by atoms with Crippen LogP contribution in [-0.2, 0) is 10.9 Å². The van der Waals surface area contributed by atoms with Crippen molar-refractivity contribution < 1.29 is 22.7 Å². The predicted molar refractivity (Wildman–Crippen MR) is 117 cm³/mol. The number of carbonyl (C=O) groups is 1. The van der Waals surface area contributed by atoms with E-state index in [1.165, 1.54) is 12.1 Å². The van der Waals surface area contributed by atoms with Crippen LogP contribution in [0, 0.1) is 0 Å². The van der Waals surface area contributed by atoms with Gasteiger partial charge >= 0.3 is 12.2 Å². The molecule has 1 aromatic carbocycles. The Hall–Kier alpha value is -2.26. The van der Waals surface area contributed by atoms with Crippen molar-refractivity contribution >= 4 is 34.2 Å². The third kappa shape index (κ3) is 5.20. The van der Waals surface area contributed by atoms with Gasteiger partial charge in [0.15, 0.2) is 0 Å². The minimum atomic E-state index is -4.55. The minimum Gasteiger partial charge on any atom is -0.382 e. The van der Waals surface area contributed by atoms with Crippen molar-refractivity contribution in [3.8, 4) is 0 Å². The molecule has 0 bridgehead atoms. The molecule has 2 amide bonds. The van der Waals surface area contributed by atoms with Crippen molar-refractivity contribution in [1.29, 1.82) is 0 Å². The molecule has 10 heteroatoms. The molecule has 0 radical (unpaired) electrons. The summed E-state index contributed by atoms with van der Waals surface area (Å²) in [6.07, 6.45) is -0.638. The van der Waals surface area contributed by atoms with E-state index in [0.29, 0.717) is 35.7 Å². The first-order valence-electron chi connectivity index (χ1n) is 10.8. The van der Waals surface area contributed by atoms with Crippen molar-refractivity contribution in [1.82, 2.24) is 15.2 Å². The zero-order valence-electron chi connectivity index (χ0n) is 17.7. The molecular weight excluding hydrogens is 445 g/mol. The smallest absolute Gasteiger partial charge is 0.382 e. The van der Waals surface area contributed by atoms with E-state index in [2.05, 4.69) is 15.6 Å². The molecule has 174 valence electrons. The van der Waals surface area contributed by atoms with E-state index >= 15 is 0 Å². The normalized spacial score (nSPS) is 23.8. The lowest BCUT2D eigenvalue weighted by atomic mass is 9.90. The lowest BCUT2D eigenvalue weighted by Crippen LogP contribution is -2.49. The fourth-order valence-electron chi connectivity index (χ4n) is 4.40. The first-order valence-corrected chi connectivity index (χ1v) is 11.1. The number of fused-ring (bicyclic) bond motifs is 1. The molecule has 2 fully saturated rings. The Morgan fingerprint density at radius 1 is 1.22 bits per heavy atom. The van der Waals surface area contributed by atoms with Crippen LogP contribution < -0.4 is 10.6 Å². The third-order valence-electron chi connectivity index (χ3n) is 6.20. The van der Waals surface area contributed by atoms with Crippen LogP contribution in [0.2, 0.25) is 5.02 Å². The van der Waals surface area contributed by atoms with Gasteiger partial charge in [-0.1, -0.05) is 11.6 Å². The molecule has 1 saturated carbocycles. The third-order valence-corrected chi connectivity index (χ3v) is 6.43. The topological polar surface area (TPSA) is 66.5 Å². The minimum absolute atomic E-state index is 0.0581. The molecule has 4 rings (SSSR count). The van der Waals surface area contributed by atoms with Crippen LogP contribution in [0.25, 0.3) is 10.9 Å². The molecule has 1 aliphatic carbocycles. The van der Waals surface area contributed by atoms with E-state index in [4.69, 9.17) is 16.3 Å². The monoisotopic (exact) mass is 470 g/mol. The number of hydrogen-bond donors (Lipinski definition) is 2. The van der Waals surface area contributed by atoms with E-state index in [9.17, 15) is 18.0 Å². The fourth-order valence-corrected chi connectivity index (χ4v) is 4.58. The summed E-state index contributed by atoms with van der Waals surface area (Å²) < 4.78 is 45.5. The van der Waals surface area contributed by atoms with Crippen molar-refractivity contribution in [2.24, 2.45) is 0 Å². The van der Waals surface area contributed by atoms with Crippen molar-refractivity contribution in [3.63, 3.8) is 0 Å². The van der Waals surface area contributed by atoms with Gasteiger partial charge in [-0.15, -0.1) is 0 Å². The number of nitrogens with zero attached hydrogens (tertiary/aromatic N) is 2. The van der Waals surface area contributed by atoms with Crippen LogP contribution in [0.4, 0.5) is 23.7 Å². The molecule has 1 aliphatic heterocycles. The lowest BCUT2D eigenvalue weighted by Gasteiger charge is -2.33. The maximum absolute atomic E-state index is 13.4. The second-order valence-corrected chi connectivity index (χ2v) is 8.93. The van der Waals surface area contributed by atoms with Crippen molar-refractivity contribution in [2.45, 2.75) is 56.4 Å². The Morgan fingerprint density at radius 2 is 2.00 bits per heavy atom. The van der Waals surface area contributed by atoms with Crippen molar-refractivity contribution in [2.75, 3.05) is 25.6 Å². The summed E-state index contributed by atoms with van der Waals surface area (Å²) in [6.45, 7) is 1.19. The number of ether oxygens (including phenoxy) is 1. The number of benzene rings is 1. The second-order valence-electron chi connectivity index (χ2n) is 8.50. The van der Waals surface area contributed by atoms with Crippen LogP contribution in [0.3, 0.4) is 0 Å². The van der Waals surface area contributed by atoms with Gasteiger partial charge in [0, 0.05) is 41.8 Å². The van der Waals surface area contributed by atoms with E-state index in [1.54, 1.807) is 18.0 Å². The highest BCUT2D eigenvalue weighted by molar-refractivity contribution is 6.31. The summed E-state index contributed by atoms with van der Waals surface area (Å²) in [6, 6.07) is 5.45. The number of urea groups is 1. The van der Waals surface area contributed by atoms with Crippen molar-refractivity contribution in [3.05, 3.63) is 35.0 Å². The summed E-state index contributed by atoms with van der Waals surface area (Å²) >= 11 is 6.09. The number of nitrogens with one attached hydrogen (secondary N) is 2. The molecule has 0 unspecified atom stereocenters. The highest BCUT2D eigenvalue weighted by Gasteiger charge is 2.34. The van der Waals surface area contributed by atoms with Gasteiger partial charge in [-0.3, -0.25) is 0 Å². The predicted octanol–water partition coefficient (Wildman–Crippen LogP) is 5.06. The number of likely N-dealkylation sites (N-methyl/N-ethyl adjacent to an activating group) is 1. The number of rotatable bonds is 4. The average molecular weight is 471 g/mol. The lowest BCUT2D eigenvalue weighted by molar-refractivity contribution is -0.140. The Balaban J connectivity index is 1.48. The molecule has 1 saturated heterocycles. The summed E-state index contributed by atoms with van der Waals surface area (Å²) in [5.41, 5.74) is -0.370. The molecule has 6 nitrogen and oxygen atoms in total. The largest absolute Gasteiger partial charge is 0.433 e. The summed E-state index contributed by atoms with van der Waals surface area (Å²) in [4.78, 5) is 18.1. The van der Waals surface area contributed by atoms with Gasteiger partial charge in [0.25, 0.3) is 0 Å². The number of anilines is 1. The Bertz CT molecular complexity index is 982. The number of carbonyl (C=O) groups excluding carboxylic acids is 1. The van der Waals surface area contributed by atoms with Crippen LogP contribution in [0.1, 0.15) is 37.8 Å². The highest BCUT2D eigenvalue weighted by atomic mass is 35.5. The number of alkyl halides is 3.